The minimum Gasteiger partial charge on any atom is -0.494 e. The Morgan fingerprint density at radius 1 is 1.26 bits per heavy atom. The van der Waals surface area contributed by atoms with E-state index < -0.39 is 6.04 Å². The number of hydrogen-bond donors (Lipinski definition) is 3. The van der Waals surface area contributed by atoms with Crippen LogP contribution in [-0.2, 0) is 4.79 Å². The molecule has 0 fully saturated rings. The number of carbonyl (C=O) groups excluding carboxylic acids is 2. The van der Waals surface area contributed by atoms with Crippen LogP contribution in [0.25, 0.3) is 11.3 Å². The summed E-state index contributed by atoms with van der Waals surface area (Å²) in [6, 6.07) is 13.5. The van der Waals surface area contributed by atoms with Crippen LogP contribution in [0, 0.1) is 6.92 Å². The van der Waals surface area contributed by atoms with Crippen molar-refractivity contribution in [1.29, 1.82) is 0 Å². The number of nitrogens with zero attached hydrogens (tertiary/aromatic N) is 2. The van der Waals surface area contributed by atoms with Crippen LogP contribution in [0.2, 0.25) is 0 Å². The Hall–Kier alpha value is -4.40. The molecule has 0 aliphatic rings. The Bertz CT molecular complexity index is 1200. The predicted octanol–water partition coefficient (Wildman–Crippen LogP) is 3.82. The lowest BCUT2D eigenvalue weighted by Gasteiger charge is -2.20. The molecule has 0 spiro atoms. The third-order valence-electron chi connectivity index (χ3n) is 4.90. The Kier molecular flexibility index (Phi) is 8.17. The summed E-state index contributed by atoms with van der Waals surface area (Å²) in [4.78, 5) is 33.6. The van der Waals surface area contributed by atoms with Gasteiger partial charge in [0.2, 0.25) is 12.2 Å². The summed E-state index contributed by atoms with van der Waals surface area (Å²) in [6.45, 7) is 4.00. The van der Waals surface area contributed by atoms with Crippen molar-refractivity contribution >= 4 is 29.3 Å². The fraction of sp³-hybridized carbons (Fsp3) is 0.200. The van der Waals surface area contributed by atoms with Crippen LogP contribution in [0.3, 0.4) is 0 Å². The number of Topliss-reactive ketones (excluding diaryl/α,β-unsaturated/α-hetero) is 1. The number of aromatic nitrogens is 1. The molecule has 9 nitrogen and oxygen atoms in total. The highest BCUT2D eigenvalue weighted by Gasteiger charge is 2.30. The van der Waals surface area contributed by atoms with Gasteiger partial charge in [0, 0.05) is 30.8 Å². The average Bonchev–Trinajstić information content (AvgIpc) is 3.25. The maximum Gasteiger partial charge on any atom is 0.213 e. The molecule has 4 N–H and O–H groups in total. The van der Waals surface area contributed by atoms with Gasteiger partial charge in [0.25, 0.3) is 0 Å². The van der Waals surface area contributed by atoms with Gasteiger partial charge in [-0.15, -0.1) is 0 Å². The lowest BCUT2D eigenvalue weighted by molar-refractivity contribution is -0.105. The SMILES string of the molecule is CCN=C(C=CN)C(Nc1ccc(NC=O)c(OC)c1)C(=O)c1nc(C)oc1-c1ccccc1. The summed E-state index contributed by atoms with van der Waals surface area (Å²) < 4.78 is 11.2. The van der Waals surface area contributed by atoms with E-state index in [1.165, 1.54) is 13.3 Å². The van der Waals surface area contributed by atoms with Gasteiger partial charge in [-0.2, -0.15) is 0 Å². The van der Waals surface area contributed by atoms with Crippen LogP contribution < -0.4 is 21.1 Å². The first-order chi connectivity index (χ1) is 16.5. The van der Waals surface area contributed by atoms with Crippen molar-refractivity contribution in [2.45, 2.75) is 19.9 Å². The number of ether oxygens (including phenoxy) is 1. The third kappa shape index (κ3) is 5.50. The van der Waals surface area contributed by atoms with Gasteiger partial charge >= 0.3 is 0 Å². The molecule has 0 bridgehead atoms. The Morgan fingerprint density at radius 2 is 2.03 bits per heavy atom. The molecule has 1 atom stereocenters. The number of hydrogen-bond acceptors (Lipinski definition) is 8. The zero-order chi connectivity index (χ0) is 24.5. The van der Waals surface area contributed by atoms with E-state index in [-0.39, 0.29) is 11.5 Å². The van der Waals surface area contributed by atoms with Crippen LogP contribution >= 0.6 is 0 Å². The zero-order valence-corrected chi connectivity index (χ0v) is 19.2. The predicted molar refractivity (Wildman–Crippen MR) is 132 cm³/mol. The number of aryl methyl sites for hydroxylation is 1. The van der Waals surface area contributed by atoms with Gasteiger partial charge in [0.15, 0.2) is 17.3 Å². The Labute approximate surface area is 197 Å². The van der Waals surface area contributed by atoms with E-state index in [4.69, 9.17) is 14.9 Å². The summed E-state index contributed by atoms with van der Waals surface area (Å²) in [6.07, 6.45) is 3.47. The van der Waals surface area contributed by atoms with Gasteiger partial charge in [-0.1, -0.05) is 30.3 Å². The van der Waals surface area contributed by atoms with Crippen molar-refractivity contribution in [2.24, 2.45) is 10.7 Å². The fourth-order valence-electron chi connectivity index (χ4n) is 3.44. The Balaban J connectivity index is 2.07. The van der Waals surface area contributed by atoms with Crippen LogP contribution in [0.5, 0.6) is 5.75 Å². The molecule has 0 saturated carbocycles. The lowest BCUT2D eigenvalue weighted by atomic mass is 10.00. The summed E-state index contributed by atoms with van der Waals surface area (Å²) in [5.41, 5.74) is 8.08. The van der Waals surface area contributed by atoms with Crippen LogP contribution in [0.1, 0.15) is 23.3 Å². The summed E-state index contributed by atoms with van der Waals surface area (Å²) in [5.74, 6) is 0.838. The van der Waals surface area contributed by atoms with Crippen molar-refractivity contribution in [1.82, 2.24) is 4.98 Å². The number of carbonyl (C=O) groups is 2. The third-order valence-corrected chi connectivity index (χ3v) is 4.90. The van der Waals surface area contributed by atoms with Crippen molar-refractivity contribution in [3.63, 3.8) is 0 Å². The number of anilines is 2. The monoisotopic (exact) mass is 461 g/mol. The zero-order valence-electron chi connectivity index (χ0n) is 19.2. The van der Waals surface area contributed by atoms with Gasteiger partial charge in [0.05, 0.1) is 18.5 Å². The van der Waals surface area contributed by atoms with E-state index in [1.54, 1.807) is 31.2 Å². The number of benzene rings is 2. The van der Waals surface area contributed by atoms with Gasteiger partial charge in [-0.25, -0.2) is 4.98 Å². The highest BCUT2D eigenvalue weighted by atomic mass is 16.5. The normalized spacial score (nSPS) is 12.4. The largest absolute Gasteiger partial charge is 0.494 e. The fourth-order valence-corrected chi connectivity index (χ4v) is 3.44. The van der Waals surface area contributed by atoms with Crippen molar-refractivity contribution in [2.75, 3.05) is 24.3 Å². The lowest BCUT2D eigenvalue weighted by Crippen LogP contribution is -2.37. The van der Waals surface area contributed by atoms with E-state index in [0.29, 0.717) is 47.4 Å². The molecule has 9 heteroatoms. The molecule has 0 aliphatic heterocycles. The molecule has 2 aromatic carbocycles. The van der Waals surface area contributed by atoms with Gasteiger partial charge in [-0.05, 0) is 31.3 Å². The van der Waals surface area contributed by atoms with Gasteiger partial charge in [-0.3, -0.25) is 14.6 Å². The highest BCUT2D eigenvalue weighted by Crippen LogP contribution is 2.30. The van der Waals surface area contributed by atoms with Crippen LogP contribution in [-0.4, -0.2) is 42.6 Å². The minimum absolute atomic E-state index is 0.182. The molecular weight excluding hydrogens is 434 g/mol. The molecule has 1 aromatic heterocycles. The van der Waals surface area contributed by atoms with E-state index in [2.05, 4.69) is 20.6 Å². The molecular formula is C25H27N5O4. The summed E-state index contributed by atoms with van der Waals surface area (Å²) in [5, 5.41) is 5.79. The number of amides is 1. The second-order valence-corrected chi connectivity index (χ2v) is 7.15. The molecule has 0 radical (unpaired) electrons. The smallest absolute Gasteiger partial charge is 0.213 e. The molecule has 0 aliphatic carbocycles. The summed E-state index contributed by atoms with van der Waals surface area (Å²) in [7, 11) is 1.49. The van der Waals surface area contributed by atoms with Crippen molar-refractivity contribution in [3.8, 4) is 17.1 Å². The van der Waals surface area contributed by atoms with E-state index in [1.807, 2.05) is 37.3 Å². The number of nitrogens with two attached hydrogens (primary N) is 1. The number of nitrogens with one attached hydrogen (secondary N) is 2. The first-order valence-electron chi connectivity index (χ1n) is 10.7. The van der Waals surface area contributed by atoms with E-state index in [9.17, 15) is 9.59 Å². The number of ketones is 1. The second kappa shape index (κ2) is 11.5. The van der Waals surface area contributed by atoms with Gasteiger partial charge in [0.1, 0.15) is 11.8 Å². The Morgan fingerprint density at radius 3 is 2.68 bits per heavy atom. The minimum atomic E-state index is -0.915. The quantitative estimate of drug-likeness (QED) is 0.225. The molecule has 0 saturated heterocycles. The highest BCUT2D eigenvalue weighted by molar-refractivity contribution is 6.21. The standard InChI is InChI=1S/C25H27N5O4/c1-4-27-20(12-13-26)22(30-18-10-11-19(28-15-31)21(14-18)33-3)24(32)23-25(34-16(2)29-23)17-8-6-5-7-9-17/h5-15,22,30H,4,26H2,1-3H3,(H,28,31). The molecule has 1 amide bonds. The molecule has 176 valence electrons. The molecule has 34 heavy (non-hydrogen) atoms. The second-order valence-electron chi connectivity index (χ2n) is 7.15. The first kappa shape index (κ1) is 24.2. The number of oxazole rings is 1. The maximum atomic E-state index is 13.8. The van der Waals surface area contributed by atoms with Crippen molar-refractivity contribution in [3.05, 3.63) is 72.4 Å². The number of aliphatic imine (C=N–C) groups is 1. The molecule has 3 rings (SSSR count). The summed E-state index contributed by atoms with van der Waals surface area (Å²) >= 11 is 0. The first-order valence-corrected chi connectivity index (χ1v) is 10.7. The van der Waals surface area contributed by atoms with E-state index in [0.717, 1.165) is 5.56 Å². The number of methoxy groups -OCH3 is 1. The molecule has 3 aromatic rings. The van der Waals surface area contributed by atoms with Crippen LogP contribution in [0.4, 0.5) is 11.4 Å². The maximum absolute atomic E-state index is 13.8. The molecule has 1 heterocycles. The van der Waals surface area contributed by atoms with Crippen LogP contribution in [0.15, 0.2) is 70.2 Å². The topological polar surface area (TPSA) is 132 Å². The van der Waals surface area contributed by atoms with E-state index >= 15 is 0 Å². The average molecular weight is 462 g/mol. The van der Waals surface area contributed by atoms with Gasteiger partial charge < -0.3 is 25.5 Å². The van der Waals surface area contributed by atoms with Crippen molar-refractivity contribution < 1.29 is 18.7 Å². The number of rotatable bonds is 11. The molecule has 1 unspecified atom stereocenters.